The number of hydrogen-bond acceptors (Lipinski definition) is 2. The molecule has 2 heteroatoms. The van der Waals surface area contributed by atoms with Crippen LogP contribution in [-0.4, -0.2) is 12.1 Å². The number of carbonyl (C=O) groups excluding carboxylic acids is 1. The second-order valence-electron chi connectivity index (χ2n) is 14.6. The normalized spacial score (nSPS) is 49.9. The summed E-state index contributed by atoms with van der Waals surface area (Å²) in [6.45, 7) is 21.0. The van der Waals surface area contributed by atoms with Gasteiger partial charge < -0.3 is 4.74 Å². The fraction of sp³-hybridized carbons (Fsp3) is 0.906. The van der Waals surface area contributed by atoms with Gasteiger partial charge in [-0.2, -0.15) is 0 Å². The van der Waals surface area contributed by atoms with Crippen LogP contribution in [0.25, 0.3) is 0 Å². The molecular weight excluding hydrogens is 416 g/mol. The van der Waals surface area contributed by atoms with Crippen LogP contribution in [0.15, 0.2) is 12.2 Å². The van der Waals surface area contributed by atoms with E-state index in [1.165, 1.54) is 69.8 Å². The molecule has 0 aromatic heterocycles. The van der Waals surface area contributed by atoms with Gasteiger partial charge in [0.15, 0.2) is 0 Å². The molecule has 0 N–H and O–H groups in total. The molecule has 0 saturated heterocycles. The number of fused-ring (bicyclic) bond motifs is 2. The average Bonchev–Trinajstić information content (AvgIpc) is 3.36. The van der Waals surface area contributed by atoms with Crippen LogP contribution in [-0.2, 0) is 9.53 Å². The van der Waals surface area contributed by atoms with Crippen molar-refractivity contribution in [2.75, 3.05) is 0 Å². The number of allylic oxidation sites excluding steroid dienone is 1. The lowest BCUT2D eigenvalue weighted by Crippen LogP contribution is -2.56. The van der Waals surface area contributed by atoms with E-state index < -0.39 is 0 Å². The minimum atomic E-state index is -0.0870. The van der Waals surface area contributed by atoms with Crippen molar-refractivity contribution in [3.8, 4) is 0 Å². The average molecular weight is 469 g/mol. The largest absolute Gasteiger partial charge is 0.462 e. The molecule has 5 fully saturated rings. The van der Waals surface area contributed by atoms with Gasteiger partial charge in [-0.15, -0.1) is 0 Å². The molecule has 5 saturated carbocycles. The molecule has 2 nitrogen and oxygen atoms in total. The highest BCUT2D eigenvalue weighted by molar-refractivity contribution is 5.66. The molecule has 5 aliphatic rings. The number of ether oxygens (including phenoxy) is 1. The van der Waals surface area contributed by atoms with E-state index in [1.807, 2.05) is 0 Å². The summed E-state index contributed by atoms with van der Waals surface area (Å²) in [6, 6.07) is 0. The summed E-state index contributed by atoms with van der Waals surface area (Å²) in [5.74, 6) is 4.43. The van der Waals surface area contributed by atoms with Gasteiger partial charge in [0, 0.05) is 6.92 Å². The van der Waals surface area contributed by atoms with Crippen LogP contribution in [0.3, 0.4) is 0 Å². The molecule has 0 bridgehead atoms. The molecule has 0 aromatic rings. The van der Waals surface area contributed by atoms with E-state index in [1.54, 1.807) is 6.92 Å². The Hall–Kier alpha value is -0.790. The molecule has 0 aromatic carbocycles. The highest BCUT2D eigenvalue weighted by Gasteiger charge is 2.81. The van der Waals surface area contributed by atoms with Gasteiger partial charge in [-0.3, -0.25) is 4.79 Å². The van der Waals surface area contributed by atoms with Gasteiger partial charge in [0.05, 0.1) is 0 Å². The summed E-state index contributed by atoms with van der Waals surface area (Å²) in [5, 5.41) is 0. The van der Waals surface area contributed by atoms with Crippen molar-refractivity contribution in [1.29, 1.82) is 0 Å². The maximum atomic E-state index is 11.7. The first kappa shape index (κ1) is 24.9. The molecular formula is C32H52O2. The van der Waals surface area contributed by atoms with Crippen molar-refractivity contribution < 1.29 is 9.53 Å². The SMILES string of the molecule is C=C(CC[C@@H](C)[C@H]1CC[C@@]2(C)[C@@H]3CCC4C(C)C(OC(C)=O)CC[C@@]45C[C@]35CC[C@]12C)C(C)C. The van der Waals surface area contributed by atoms with Crippen molar-refractivity contribution in [3.05, 3.63) is 12.2 Å². The lowest BCUT2D eigenvalue weighted by atomic mass is 9.43. The molecule has 0 amide bonds. The molecule has 10 atom stereocenters. The molecule has 0 heterocycles. The second-order valence-corrected chi connectivity index (χ2v) is 14.6. The smallest absolute Gasteiger partial charge is 0.302 e. The maximum absolute atomic E-state index is 11.7. The van der Waals surface area contributed by atoms with E-state index in [9.17, 15) is 4.79 Å². The molecule has 34 heavy (non-hydrogen) atoms. The summed E-state index contributed by atoms with van der Waals surface area (Å²) in [4.78, 5) is 11.7. The van der Waals surface area contributed by atoms with Crippen molar-refractivity contribution in [1.82, 2.24) is 0 Å². The molecule has 5 rings (SSSR count). The van der Waals surface area contributed by atoms with E-state index in [-0.39, 0.29) is 12.1 Å². The van der Waals surface area contributed by atoms with Gasteiger partial charge in [-0.25, -0.2) is 0 Å². The fourth-order valence-electron chi connectivity index (χ4n) is 11.2. The predicted molar refractivity (Wildman–Crippen MR) is 140 cm³/mol. The first-order valence-corrected chi connectivity index (χ1v) is 14.8. The van der Waals surface area contributed by atoms with Crippen molar-refractivity contribution in [2.45, 2.75) is 125 Å². The van der Waals surface area contributed by atoms with Crippen molar-refractivity contribution in [2.24, 2.45) is 57.2 Å². The first-order valence-electron chi connectivity index (χ1n) is 14.8. The van der Waals surface area contributed by atoms with E-state index in [0.717, 1.165) is 30.1 Å². The highest BCUT2D eigenvalue weighted by atomic mass is 16.5. The third-order valence-corrected chi connectivity index (χ3v) is 13.4. The van der Waals surface area contributed by atoms with E-state index in [2.05, 4.69) is 48.1 Å². The Morgan fingerprint density at radius 3 is 2.38 bits per heavy atom. The van der Waals surface area contributed by atoms with Crippen LogP contribution in [0.4, 0.5) is 0 Å². The van der Waals surface area contributed by atoms with E-state index in [0.29, 0.717) is 33.5 Å². The summed E-state index contributed by atoms with van der Waals surface area (Å²) in [6.07, 6.45) is 15.1. The monoisotopic (exact) mass is 468 g/mol. The van der Waals surface area contributed by atoms with Crippen LogP contribution in [0.1, 0.15) is 119 Å². The maximum Gasteiger partial charge on any atom is 0.302 e. The zero-order chi connectivity index (χ0) is 24.7. The van der Waals surface area contributed by atoms with Crippen molar-refractivity contribution in [3.63, 3.8) is 0 Å². The van der Waals surface area contributed by atoms with Gasteiger partial charge >= 0.3 is 5.97 Å². The number of hydrogen-bond donors (Lipinski definition) is 0. The molecule has 5 aliphatic carbocycles. The van der Waals surface area contributed by atoms with E-state index in [4.69, 9.17) is 4.74 Å². The zero-order valence-corrected chi connectivity index (χ0v) is 23.3. The molecule has 0 radical (unpaired) electrons. The Morgan fingerprint density at radius 2 is 1.71 bits per heavy atom. The van der Waals surface area contributed by atoms with Crippen LogP contribution >= 0.6 is 0 Å². The summed E-state index contributed by atoms with van der Waals surface area (Å²) in [5.41, 5.74) is 3.61. The minimum Gasteiger partial charge on any atom is -0.462 e. The Morgan fingerprint density at radius 1 is 0.971 bits per heavy atom. The quantitative estimate of drug-likeness (QED) is 0.288. The standard InChI is InChI=1S/C32H52O2/c1-20(2)21(3)9-10-22(4)25-13-15-30(8)28-12-11-26-23(5)27(34-24(6)33)14-16-31(26)19-32(28,31)18-17-29(25,30)7/h20,22-23,25-28H,3,9-19H2,1-2,4-8H3/t22-,23?,25-,26?,27?,28+,29-,30+,31-,32-/m1/s1. The Bertz CT molecular complexity index is 844. The Kier molecular flexibility index (Phi) is 5.93. The van der Waals surface area contributed by atoms with Gasteiger partial charge in [-0.1, -0.05) is 53.7 Å². The fourth-order valence-corrected chi connectivity index (χ4v) is 11.2. The van der Waals surface area contributed by atoms with Gasteiger partial charge in [-0.05, 0) is 128 Å². The second kappa shape index (κ2) is 8.11. The highest BCUT2D eigenvalue weighted by Crippen LogP contribution is 2.88. The lowest BCUT2D eigenvalue weighted by molar-refractivity contribution is -0.165. The molecule has 2 spiro atoms. The van der Waals surface area contributed by atoms with Gasteiger partial charge in [0.1, 0.15) is 6.10 Å². The molecule has 3 unspecified atom stereocenters. The lowest BCUT2D eigenvalue weighted by Gasteiger charge is -2.62. The van der Waals surface area contributed by atoms with Crippen LogP contribution < -0.4 is 0 Å². The Labute approximate surface area is 210 Å². The summed E-state index contributed by atoms with van der Waals surface area (Å²) >= 11 is 0. The minimum absolute atomic E-state index is 0.0870. The third-order valence-electron chi connectivity index (χ3n) is 13.4. The van der Waals surface area contributed by atoms with Crippen LogP contribution in [0, 0.1) is 57.2 Å². The number of esters is 1. The van der Waals surface area contributed by atoms with Crippen molar-refractivity contribution >= 4 is 5.97 Å². The number of rotatable bonds is 6. The summed E-state index contributed by atoms with van der Waals surface area (Å²) in [7, 11) is 0. The predicted octanol–water partition coefficient (Wildman–Crippen LogP) is 8.60. The van der Waals surface area contributed by atoms with Gasteiger partial charge in [0.2, 0.25) is 0 Å². The van der Waals surface area contributed by atoms with Gasteiger partial charge in [0.25, 0.3) is 0 Å². The third kappa shape index (κ3) is 3.21. The first-order chi connectivity index (χ1) is 15.9. The topological polar surface area (TPSA) is 26.3 Å². The van der Waals surface area contributed by atoms with Crippen LogP contribution in [0.2, 0.25) is 0 Å². The van der Waals surface area contributed by atoms with Crippen LogP contribution in [0.5, 0.6) is 0 Å². The zero-order valence-electron chi connectivity index (χ0n) is 23.3. The Balaban J connectivity index is 1.35. The number of carbonyl (C=O) groups is 1. The van der Waals surface area contributed by atoms with E-state index >= 15 is 0 Å². The molecule has 192 valence electrons. The summed E-state index contributed by atoms with van der Waals surface area (Å²) < 4.78 is 5.80. The molecule has 0 aliphatic heterocycles.